The molecule has 0 saturated carbocycles. The lowest BCUT2D eigenvalue weighted by atomic mass is 10.0. The van der Waals surface area contributed by atoms with Gasteiger partial charge in [0.2, 0.25) is 5.91 Å². The van der Waals surface area contributed by atoms with E-state index in [-0.39, 0.29) is 25.1 Å². The number of rotatable bonds is 9. The lowest BCUT2D eigenvalue weighted by molar-refractivity contribution is -0.115. The zero-order chi connectivity index (χ0) is 17.4. The van der Waals surface area contributed by atoms with Crippen LogP contribution in [0.5, 0.6) is 0 Å². The average molecular weight is 347 g/mol. The molecule has 1 aromatic heterocycles. The molecular weight excluding hydrogens is 322 g/mol. The maximum atomic E-state index is 12.2. The van der Waals surface area contributed by atoms with Crippen molar-refractivity contribution in [3.05, 3.63) is 46.5 Å². The second kappa shape index (κ2) is 9.52. The molecular formula is C18H25N3O2S. The highest BCUT2D eigenvalue weighted by atomic mass is 32.1. The highest BCUT2D eigenvalue weighted by Crippen LogP contribution is 2.22. The van der Waals surface area contributed by atoms with Gasteiger partial charge in [-0.1, -0.05) is 37.3 Å². The maximum Gasteiger partial charge on any atom is 0.240 e. The summed E-state index contributed by atoms with van der Waals surface area (Å²) in [6.45, 7) is 4.44. The normalized spacial score (nSPS) is 12.1. The van der Waals surface area contributed by atoms with Crippen LogP contribution in [-0.4, -0.2) is 29.1 Å². The van der Waals surface area contributed by atoms with Crippen molar-refractivity contribution in [3.63, 3.8) is 0 Å². The van der Waals surface area contributed by atoms with Gasteiger partial charge < -0.3 is 15.7 Å². The van der Waals surface area contributed by atoms with Crippen molar-refractivity contribution < 1.29 is 9.90 Å². The molecule has 6 heteroatoms. The van der Waals surface area contributed by atoms with Crippen LogP contribution in [-0.2, 0) is 11.2 Å². The Morgan fingerprint density at radius 3 is 2.71 bits per heavy atom. The minimum Gasteiger partial charge on any atom is -0.396 e. The van der Waals surface area contributed by atoms with Crippen molar-refractivity contribution in [2.45, 2.75) is 39.2 Å². The molecule has 1 amide bonds. The molecule has 0 aliphatic heterocycles. The number of nitrogens with zero attached hydrogens (tertiary/aromatic N) is 1. The van der Waals surface area contributed by atoms with Gasteiger partial charge in [0.1, 0.15) is 0 Å². The van der Waals surface area contributed by atoms with Crippen molar-refractivity contribution in [1.29, 1.82) is 0 Å². The zero-order valence-electron chi connectivity index (χ0n) is 14.2. The summed E-state index contributed by atoms with van der Waals surface area (Å²) in [5.74, 6) is -0.101. The molecule has 0 spiro atoms. The number of carbonyl (C=O) groups is 1. The number of aromatic nitrogens is 1. The van der Waals surface area contributed by atoms with Gasteiger partial charge in [-0.3, -0.25) is 4.79 Å². The van der Waals surface area contributed by atoms with Gasteiger partial charge in [0.25, 0.3) is 0 Å². The Hall–Kier alpha value is -1.76. The smallest absolute Gasteiger partial charge is 0.240 e. The van der Waals surface area contributed by atoms with Gasteiger partial charge in [0.05, 0.1) is 12.2 Å². The molecule has 1 aromatic carbocycles. The second-order valence-electron chi connectivity index (χ2n) is 5.63. The number of hydrogen-bond donors (Lipinski definition) is 3. The monoisotopic (exact) mass is 347 g/mol. The van der Waals surface area contributed by atoms with Crippen LogP contribution in [0.4, 0.5) is 5.13 Å². The number of aliphatic hydroxyl groups is 1. The molecule has 24 heavy (non-hydrogen) atoms. The number of amides is 1. The fourth-order valence-corrected chi connectivity index (χ4v) is 3.47. The van der Waals surface area contributed by atoms with E-state index >= 15 is 0 Å². The number of aliphatic hydroxyl groups excluding tert-OH is 1. The Morgan fingerprint density at radius 2 is 2.08 bits per heavy atom. The third kappa shape index (κ3) is 5.40. The van der Waals surface area contributed by atoms with E-state index < -0.39 is 0 Å². The van der Waals surface area contributed by atoms with E-state index in [0.29, 0.717) is 11.6 Å². The molecule has 0 aliphatic carbocycles. The maximum absolute atomic E-state index is 12.2. The summed E-state index contributed by atoms with van der Waals surface area (Å²) in [6.07, 6.45) is 2.34. The molecule has 5 nitrogen and oxygen atoms in total. The highest BCUT2D eigenvalue weighted by Gasteiger charge is 2.14. The first-order chi connectivity index (χ1) is 11.6. The number of carbonyl (C=O) groups excluding carboxylic acids is 1. The average Bonchev–Trinajstić information content (AvgIpc) is 2.95. The Labute approximate surface area is 147 Å². The largest absolute Gasteiger partial charge is 0.396 e. The first-order valence-electron chi connectivity index (χ1n) is 8.29. The van der Waals surface area contributed by atoms with Crippen LogP contribution in [0.3, 0.4) is 0 Å². The van der Waals surface area contributed by atoms with Crippen LogP contribution in [0, 0.1) is 6.92 Å². The van der Waals surface area contributed by atoms with Crippen LogP contribution >= 0.6 is 11.3 Å². The number of benzene rings is 1. The van der Waals surface area contributed by atoms with Crippen molar-refractivity contribution in [3.8, 4) is 0 Å². The predicted octanol–water partition coefficient (Wildman–Crippen LogP) is 3.06. The molecule has 1 unspecified atom stereocenters. The molecule has 3 N–H and O–H groups in total. The molecule has 0 saturated heterocycles. The lowest BCUT2D eigenvalue weighted by Crippen LogP contribution is -2.31. The van der Waals surface area contributed by atoms with Crippen LogP contribution in [0.25, 0.3) is 0 Å². The number of anilines is 1. The Morgan fingerprint density at radius 1 is 1.33 bits per heavy atom. The Bertz CT molecular complexity index is 643. The van der Waals surface area contributed by atoms with Crippen molar-refractivity contribution in [1.82, 2.24) is 10.3 Å². The van der Waals surface area contributed by atoms with E-state index in [1.165, 1.54) is 11.3 Å². The van der Waals surface area contributed by atoms with Gasteiger partial charge in [0.15, 0.2) is 5.13 Å². The third-order valence-electron chi connectivity index (χ3n) is 3.84. The molecule has 1 heterocycles. The number of nitrogens with one attached hydrogen (secondary N) is 2. The molecule has 0 fully saturated rings. The molecule has 0 aliphatic rings. The number of hydrogen-bond acceptors (Lipinski definition) is 5. The fourth-order valence-electron chi connectivity index (χ4n) is 2.56. The SMILES string of the molecule is CCc1nc(NC(=O)CNC(CCCO)c2ccccc2)sc1C. The summed E-state index contributed by atoms with van der Waals surface area (Å²) in [4.78, 5) is 17.7. The van der Waals surface area contributed by atoms with Crippen LogP contribution in [0.1, 0.15) is 41.9 Å². The standard InChI is InChI=1S/C18H25N3O2S/c1-3-15-13(2)24-18(20-15)21-17(23)12-19-16(10-7-11-22)14-8-5-4-6-9-14/h4-6,8-9,16,19,22H,3,7,10-12H2,1-2H3,(H,20,21,23). The van der Waals surface area contributed by atoms with Crippen LogP contribution < -0.4 is 10.6 Å². The molecule has 2 rings (SSSR count). The van der Waals surface area contributed by atoms with E-state index in [1.807, 2.05) is 37.3 Å². The molecule has 2 aromatic rings. The van der Waals surface area contributed by atoms with E-state index in [1.54, 1.807) is 0 Å². The van der Waals surface area contributed by atoms with Crippen LogP contribution in [0.2, 0.25) is 0 Å². The molecule has 1 atom stereocenters. The molecule has 0 radical (unpaired) electrons. The van der Waals surface area contributed by atoms with Crippen molar-refractivity contribution in [2.24, 2.45) is 0 Å². The summed E-state index contributed by atoms with van der Waals surface area (Å²) < 4.78 is 0. The van der Waals surface area contributed by atoms with Gasteiger partial charge in [-0.2, -0.15) is 0 Å². The Kier molecular flexibility index (Phi) is 7.36. The zero-order valence-corrected chi connectivity index (χ0v) is 15.0. The Balaban J connectivity index is 1.91. The third-order valence-corrected chi connectivity index (χ3v) is 4.76. The fraction of sp³-hybridized carbons (Fsp3) is 0.444. The van der Waals surface area contributed by atoms with Gasteiger partial charge in [-0.25, -0.2) is 4.98 Å². The number of thiazole rings is 1. The molecule has 130 valence electrons. The molecule has 0 bridgehead atoms. The minimum absolute atomic E-state index is 0.0494. The second-order valence-corrected chi connectivity index (χ2v) is 6.84. The van der Waals surface area contributed by atoms with Gasteiger partial charge in [-0.05, 0) is 31.7 Å². The topological polar surface area (TPSA) is 74.2 Å². The quantitative estimate of drug-likeness (QED) is 0.652. The summed E-state index contributed by atoms with van der Waals surface area (Å²) in [5.41, 5.74) is 2.16. The number of aryl methyl sites for hydroxylation is 2. The van der Waals surface area contributed by atoms with Crippen LogP contribution in [0.15, 0.2) is 30.3 Å². The van der Waals surface area contributed by atoms with E-state index in [9.17, 15) is 4.79 Å². The first kappa shape index (κ1) is 18.6. The predicted molar refractivity (Wildman–Crippen MR) is 98.4 cm³/mol. The van der Waals surface area contributed by atoms with Crippen molar-refractivity contribution in [2.75, 3.05) is 18.5 Å². The van der Waals surface area contributed by atoms with E-state index in [4.69, 9.17) is 5.11 Å². The summed E-state index contributed by atoms with van der Waals surface area (Å²) in [7, 11) is 0. The van der Waals surface area contributed by atoms with Gasteiger partial charge >= 0.3 is 0 Å². The first-order valence-corrected chi connectivity index (χ1v) is 9.11. The summed E-state index contributed by atoms with van der Waals surface area (Å²) in [5, 5.41) is 15.9. The summed E-state index contributed by atoms with van der Waals surface area (Å²) in [6, 6.07) is 10.0. The summed E-state index contributed by atoms with van der Waals surface area (Å²) >= 11 is 1.51. The van der Waals surface area contributed by atoms with Gasteiger partial charge in [-0.15, -0.1) is 11.3 Å². The lowest BCUT2D eigenvalue weighted by Gasteiger charge is -2.18. The van der Waals surface area contributed by atoms with E-state index in [2.05, 4.69) is 22.5 Å². The van der Waals surface area contributed by atoms with Gasteiger partial charge in [0, 0.05) is 17.5 Å². The van der Waals surface area contributed by atoms with Crippen molar-refractivity contribution >= 4 is 22.4 Å². The minimum atomic E-state index is -0.101. The highest BCUT2D eigenvalue weighted by molar-refractivity contribution is 7.15. The van der Waals surface area contributed by atoms with E-state index in [0.717, 1.165) is 29.0 Å².